The molecule has 18 heavy (non-hydrogen) atoms. The van der Waals surface area contributed by atoms with Gasteiger partial charge in [-0.25, -0.2) is 4.98 Å². The summed E-state index contributed by atoms with van der Waals surface area (Å²) < 4.78 is 0.818. The molecule has 2 rings (SSSR count). The molecule has 0 aliphatic heterocycles. The third-order valence-corrected chi connectivity index (χ3v) is 4.46. The maximum atomic E-state index is 5.58. The van der Waals surface area contributed by atoms with Crippen molar-refractivity contribution < 1.29 is 0 Å². The van der Waals surface area contributed by atoms with Gasteiger partial charge in [-0.1, -0.05) is 19.9 Å². The first-order valence-corrected chi connectivity index (χ1v) is 7.22. The van der Waals surface area contributed by atoms with Gasteiger partial charge in [0.1, 0.15) is 5.82 Å². The fraction of sp³-hybridized carbons (Fsp3) is 0.333. The lowest BCUT2D eigenvalue weighted by Gasteiger charge is -2.24. The molecule has 3 N–H and O–H groups in total. The zero-order valence-corrected chi connectivity index (χ0v) is 12.7. The molecular weight excluding hydrogens is 312 g/mol. The summed E-state index contributed by atoms with van der Waals surface area (Å²) in [6.07, 6.45) is 1.66. The molecule has 0 aromatic carbocycles. The van der Waals surface area contributed by atoms with Gasteiger partial charge in [0.2, 0.25) is 5.95 Å². The molecule has 0 saturated carbocycles. The Morgan fingerprint density at radius 3 is 2.94 bits per heavy atom. The minimum absolute atomic E-state index is 0.0489. The van der Waals surface area contributed by atoms with E-state index in [4.69, 9.17) is 5.73 Å². The summed E-state index contributed by atoms with van der Waals surface area (Å²) >= 11 is 5.17. The lowest BCUT2D eigenvalue weighted by atomic mass is 9.91. The standard InChI is InChI=1S/C12H15BrN4S/c1-12(2,9-4-3-5-18-9)7-16-10-8(13)6-15-11(14)17-10/h3-6H,7H2,1-2H3,(H3,14,15,16,17). The summed E-state index contributed by atoms with van der Waals surface area (Å²) in [6, 6.07) is 4.22. The SMILES string of the molecule is CC(C)(CNc1nc(N)ncc1Br)c1cccs1. The summed E-state index contributed by atoms with van der Waals surface area (Å²) in [5, 5.41) is 5.40. The molecule has 6 heteroatoms. The number of anilines is 2. The van der Waals surface area contributed by atoms with Crippen LogP contribution in [0.25, 0.3) is 0 Å². The molecule has 0 saturated heterocycles. The summed E-state index contributed by atoms with van der Waals surface area (Å²) in [7, 11) is 0. The van der Waals surface area contributed by atoms with Crippen LogP contribution in [0.4, 0.5) is 11.8 Å². The smallest absolute Gasteiger partial charge is 0.221 e. The Morgan fingerprint density at radius 1 is 1.50 bits per heavy atom. The van der Waals surface area contributed by atoms with Crippen molar-refractivity contribution in [2.45, 2.75) is 19.3 Å². The predicted molar refractivity (Wildman–Crippen MR) is 80.0 cm³/mol. The fourth-order valence-corrected chi connectivity index (χ4v) is 2.74. The van der Waals surface area contributed by atoms with E-state index in [1.54, 1.807) is 17.5 Å². The van der Waals surface area contributed by atoms with Crippen molar-refractivity contribution in [2.75, 3.05) is 17.6 Å². The Kier molecular flexibility index (Phi) is 3.87. The largest absolute Gasteiger partial charge is 0.368 e. The van der Waals surface area contributed by atoms with E-state index in [9.17, 15) is 0 Å². The quantitative estimate of drug-likeness (QED) is 0.905. The average Bonchev–Trinajstić information content (AvgIpc) is 2.85. The molecule has 0 aliphatic carbocycles. The second-order valence-corrected chi connectivity index (χ2v) is 6.44. The predicted octanol–water partition coefficient (Wildman–Crippen LogP) is 3.27. The van der Waals surface area contributed by atoms with Gasteiger partial charge in [0.15, 0.2) is 0 Å². The summed E-state index contributed by atoms with van der Waals surface area (Å²) in [6.45, 7) is 5.18. The van der Waals surface area contributed by atoms with Crippen molar-refractivity contribution in [2.24, 2.45) is 0 Å². The van der Waals surface area contributed by atoms with Crippen LogP contribution in [-0.4, -0.2) is 16.5 Å². The van der Waals surface area contributed by atoms with E-state index in [-0.39, 0.29) is 11.4 Å². The van der Waals surface area contributed by atoms with Gasteiger partial charge < -0.3 is 11.1 Å². The monoisotopic (exact) mass is 326 g/mol. The summed E-state index contributed by atoms with van der Waals surface area (Å²) in [4.78, 5) is 9.43. The molecule has 0 spiro atoms. The molecule has 0 amide bonds. The van der Waals surface area contributed by atoms with E-state index in [1.165, 1.54) is 4.88 Å². The average molecular weight is 327 g/mol. The van der Waals surface area contributed by atoms with Crippen LogP contribution in [0.1, 0.15) is 18.7 Å². The first kappa shape index (κ1) is 13.3. The lowest BCUT2D eigenvalue weighted by Crippen LogP contribution is -2.27. The van der Waals surface area contributed by atoms with Crippen molar-refractivity contribution >= 4 is 39.0 Å². The lowest BCUT2D eigenvalue weighted by molar-refractivity contribution is 0.568. The van der Waals surface area contributed by atoms with Crippen LogP contribution in [-0.2, 0) is 5.41 Å². The molecule has 0 radical (unpaired) electrons. The fourth-order valence-electron chi connectivity index (χ4n) is 1.56. The van der Waals surface area contributed by atoms with Gasteiger partial charge in [0.25, 0.3) is 0 Å². The van der Waals surface area contributed by atoms with Crippen LogP contribution in [0, 0.1) is 0 Å². The molecule has 4 nitrogen and oxygen atoms in total. The highest BCUT2D eigenvalue weighted by Gasteiger charge is 2.22. The van der Waals surface area contributed by atoms with E-state index in [0.717, 1.165) is 16.8 Å². The Labute approximate surface area is 119 Å². The van der Waals surface area contributed by atoms with Gasteiger partial charge in [-0.2, -0.15) is 4.98 Å². The third-order valence-electron chi connectivity index (χ3n) is 2.65. The molecule has 2 heterocycles. The highest BCUT2D eigenvalue weighted by Crippen LogP contribution is 2.28. The van der Waals surface area contributed by atoms with Crippen molar-refractivity contribution in [3.63, 3.8) is 0 Å². The minimum Gasteiger partial charge on any atom is -0.368 e. The van der Waals surface area contributed by atoms with Crippen LogP contribution < -0.4 is 11.1 Å². The van der Waals surface area contributed by atoms with Gasteiger partial charge in [0.05, 0.1) is 4.47 Å². The number of halogens is 1. The van der Waals surface area contributed by atoms with E-state index in [0.29, 0.717) is 0 Å². The molecule has 2 aromatic rings. The molecule has 0 unspecified atom stereocenters. The van der Waals surface area contributed by atoms with E-state index < -0.39 is 0 Å². The van der Waals surface area contributed by atoms with Crippen LogP contribution in [0.5, 0.6) is 0 Å². The Morgan fingerprint density at radius 2 is 2.28 bits per heavy atom. The second kappa shape index (κ2) is 5.24. The van der Waals surface area contributed by atoms with Crippen molar-refractivity contribution in [1.82, 2.24) is 9.97 Å². The van der Waals surface area contributed by atoms with Crippen LogP contribution in [0.2, 0.25) is 0 Å². The van der Waals surface area contributed by atoms with E-state index >= 15 is 0 Å². The highest BCUT2D eigenvalue weighted by atomic mass is 79.9. The third kappa shape index (κ3) is 3.00. The normalized spacial score (nSPS) is 11.5. The van der Waals surface area contributed by atoms with Gasteiger partial charge in [0, 0.05) is 23.0 Å². The zero-order chi connectivity index (χ0) is 13.2. The van der Waals surface area contributed by atoms with Gasteiger partial charge in [-0.05, 0) is 27.4 Å². The van der Waals surface area contributed by atoms with E-state index in [1.807, 2.05) is 0 Å². The molecule has 0 aliphatic rings. The first-order chi connectivity index (χ1) is 8.49. The van der Waals surface area contributed by atoms with Crippen molar-refractivity contribution in [3.8, 4) is 0 Å². The number of hydrogen-bond donors (Lipinski definition) is 2. The van der Waals surface area contributed by atoms with Crippen LogP contribution in [0.15, 0.2) is 28.2 Å². The zero-order valence-electron chi connectivity index (χ0n) is 10.3. The number of nitrogen functional groups attached to an aromatic ring is 1. The molecule has 0 bridgehead atoms. The molecule has 96 valence electrons. The number of thiophene rings is 1. The maximum absolute atomic E-state index is 5.58. The number of rotatable bonds is 4. The van der Waals surface area contributed by atoms with Crippen molar-refractivity contribution in [1.29, 1.82) is 0 Å². The summed E-state index contributed by atoms with van der Waals surface area (Å²) in [5.41, 5.74) is 5.63. The topological polar surface area (TPSA) is 63.8 Å². The Hall–Kier alpha value is -1.14. The highest BCUT2D eigenvalue weighted by molar-refractivity contribution is 9.10. The molecule has 0 atom stereocenters. The Bertz CT molecular complexity index is 525. The van der Waals surface area contributed by atoms with Crippen LogP contribution in [0.3, 0.4) is 0 Å². The minimum atomic E-state index is 0.0489. The number of nitrogens with two attached hydrogens (primary N) is 1. The van der Waals surface area contributed by atoms with Gasteiger partial charge in [-0.3, -0.25) is 0 Å². The second-order valence-electron chi connectivity index (χ2n) is 4.64. The van der Waals surface area contributed by atoms with Gasteiger partial charge in [-0.15, -0.1) is 11.3 Å². The summed E-state index contributed by atoms with van der Waals surface area (Å²) in [5.74, 6) is 1.00. The number of nitrogens with one attached hydrogen (secondary N) is 1. The van der Waals surface area contributed by atoms with E-state index in [2.05, 4.69) is 62.6 Å². The molecule has 2 aromatic heterocycles. The van der Waals surface area contributed by atoms with Crippen molar-refractivity contribution in [3.05, 3.63) is 33.1 Å². The molecule has 0 fully saturated rings. The number of nitrogens with zero attached hydrogens (tertiary/aromatic N) is 2. The van der Waals surface area contributed by atoms with Gasteiger partial charge >= 0.3 is 0 Å². The maximum Gasteiger partial charge on any atom is 0.221 e. The molecular formula is C12H15BrN4S. The Balaban J connectivity index is 2.09. The number of hydrogen-bond acceptors (Lipinski definition) is 5. The number of aromatic nitrogens is 2. The van der Waals surface area contributed by atoms with Crippen LogP contribution >= 0.6 is 27.3 Å². The first-order valence-electron chi connectivity index (χ1n) is 5.55.